The molecule has 0 saturated carbocycles. The molecule has 0 spiro atoms. The van der Waals surface area contributed by atoms with Crippen molar-refractivity contribution in [2.24, 2.45) is 0 Å². The fourth-order valence-electron chi connectivity index (χ4n) is 1.90. The van der Waals surface area contributed by atoms with Crippen molar-refractivity contribution in [1.82, 2.24) is 4.90 Å². The predicted octanol–water partition coefficient (Wildman–Crippen LogP) is 0.607. The van der Waals surface area contributed by atoms with E-state index in [1.54, 1.807) is 19.2 Å². The fourth-order valence-corrected chi connectivity index (χ4v) is 1.90. The van der Waals surface area contributed by atoms with E-state index in [9.17, 15) is 10.0 Å². The van der Waals surface area contributed by atoms with Gasteiger partial charge in [0.05, 0.1) is 7.11 Å². The minimum atomic E-state index is -1.44. The Balaban J connectivity index is 2.83. The average Bonchev–Trinajstić information content (AvgIpc) is 2.35. The van der Waals surface area contributed by atoms with E-state index in [4.69, 9.17) is 4.74 Å². The Morgan fingerprint density at radius 2 is 2.06 bits per heavy atom. The minimum absolute atomic E-state index is 0.541. The summed E-state index contributed by atoms with van der Waals surface area (Å²) in [5.41, 5.74) is 1.43. The van der Waals surface area contributed by atoms with Crippen molar-refractivity contribution < 1.29 is 14.8 Å². The summed E-state index contributed by atoms with van der Waals surface area (Å²) in [4.78, 5) is 2.17. The molecule has 1 aromatic rings. The zero-order valence-corrected chi connectivity index (χ0v) is 11.4. The molecule has 1 aromatic carbocycles. The highest BCUT2D eigenvalue weighted by molar-refractivity contribution is 6.59. The molecular formula is C13H22BNO3. The van der Waals surface area contributed by atoms with Crippen LogP contribution in [0.25, 0.3) is 0 Å². The van der Waals surface area contributed by atoms with Gasteiger partial charge in [0.2, 0.25) is 0 Å². The average molecular weight is 251 g/mol. The Kier molecular flexibility index (Phi) is 6.19. The van der Waals surface area contributed by atoms with E-state index in [1.807, 2.05) is 13.1 Å². The number of methoxy groups -OCH3 is 1. The van der Waals surface area contributed by atoms with Gasteiger partial charge in [0.15, 0.2) is 0 Å². The molecule has 0 unspecified atom stereocenters. The third-order valence-corrected chi connectivity index (χ3v) is 2.96. The summed E-state index contributed by atoms with van der Waals surface area (Å²) in [6.07, 6.45) is 2.29. The maximum atomic E-state index is 9.35. The molecule has 0 fully saturated rings. The van der Waals surface area contributed by atoms with Gasteiger partial charge >= 0.3 is 7.12 Å². The number of ether oxygens (including phenoxy) is 1. The molecule has 0 bridgehead atoms. The highest BCUT2D eigenvalue weighted by Crippen LogP contribution is 2.13. The van der Waals surface area contributed by atoms with Crippen molar-refractivity contribution in [2.45, 2.75) is 26.3 Å². The standard InChI is InChI=1S/C13H22BNO3/c1-4-5-8-15(2)10-11-9-12(18-3)6-7-13(11)14(16)17/h6-7,9,16-17H,4-5,8,10H2,1-3H3. The number of hydrogen-bond acceptors (Lipinski definition) is 4. The van der Waals surface area contributed by atoms with Crippen molar-refractivity contribution in [3.63, 3.8) is 0 Å². The van der Waals surface area contributed by atoms with Crippen LogP contribution < -0.4 is 10.2 Å². The summed E-state index contributed by atoms with van der Waals surface area (Å²) < 4.78 is 5.17. The lowest BCUT2D eigenvalue weighted by molar-refractivity contribution is 0.320. The van der Waals surface area contributed by atoms with Gasteiger partial charge in [-0.1, -0.05) is 19.4 Å². The number of unbranched alkanes of at least 4 members (excludes halogenated alkanes) is 1. The molecule has 0 radical (unpaired) electrons. The maximum Gasteiger partial charge on any atom is 0.488 e. The molecule has 5 heteroatoms. The lowest BCUT2D eigenvalue weighted by Gasteiger charge is -2.19. The van der Waals surface area contributed by atoms with Crippen molar-refractivity contribution in [3.05, 3.63) is 23.8 Å². The molecule has 4 nitrogen and oxygen atoms in total. The zero-order valence-electron chi connectivity index (χ0n) is 11.4. The normalized spacial score (nSPS) is 10.8. The Morgan fingerprint density at radius 3 is 2.61 bits per heavy atom. The SMILES string of the molecule is CCCCN(C)Cc1cc(OC)ccc1B(O)O. The second-order valence-electron chi connectivity index (χ2n) is 4.53. The van der Waals surface area contributed by atoms with Crippen LogP contribution in [-0.2, 0) is 6.54 Å². The van der Waals surface area contributed by atoms with Crippen molar-refractivity contribution in [1.29, 1.82) is 0 Å². The molecule has 0 aliphatic heterocycles. The Bertz CT molecular complexity index is 371. The van der Waals surface area contributed by atoms with Gasteiger partial charge in [-0.15, -0.1) is 0 Å². The predicted molar refractivity (Wildman–Crippen MR) is 74.1 cm³/mol. The Labute approximate surface area is 109 Å². The summed E-state index contributed by atoms with van der Waals surface area (Å²) in [7, 11) is 2.20. The van der Waals surface area contributed by atoms with Gasteiger partial charge in [0.25, 0.3) is 0 Å². The van der Waals surface area contributed by atoms with Crippen LogP contribution in [0.15, 0.2) is 18.2 Å². The van der Waals surface area contributed by atoms with Gasteiger partial charge < -0.3 is 19.7 Å². The summed E-state index contributed by atoms with van der Waals surface area (Å²) in [6, 6.07) is 5.30. The molecule has 0 heterocycles. The van der Waals surface area contributed by atoms with Gasteiger partial charge in [-0.3, -0.25) is 0 Å². The molecule has 2 N–H and O–H groups in total. The van der Waals surface area contributed by atoms with Gasteiger partial charge in [-0.05, 0) is 43.2 Å². The lowest BCUT2D eigenvalue weighted by Crippen LogP contribution is -2.35. The van der Waals surface area contributed by atoms with E-state index in [2.05, 4.69) is 11.8 Å². The van der Waals surface area contributed by atoms with Crippen LogP contribution >= 0.6 is 0 Å². The number of nitrogens with zero attached hydrogens (tertiary/aromatic N) is 1. The molecule has 18 heavy (non-hydrogen) atoms. The maximum absolute atomic E-state index is 9.35. The van der Waals surface area contributed by atoms with Crippen LogP contribution in [0.4, 0.5) is 0 Å². The topological polar surface area (TPSA) is 52.9 Å². The van der Waals surface area contributed by atoms with Crippen LogP contribution in [0, 0.1) is 0 Å². The molecule has 0 atom stereocenters. The van der Waals surface area contributed by atoms with Gasteiger partial charge in [-0.2, -0.15) is 0 Å². The lowest BCUT2D eigenvalue weighted by atomic mass is 9.77. The number of hydrogen-bond donors (Lipinski definition) is 2. The Hall–Kier alpha value is -1.04. The highest BCUT2D eigenvalue weighted by atomic mass is 16.5. The summed E-state index contributed by atoms with van der Waals surface area (Å²) in [6.45, 7) is 3.83. The van der Waals surface area contributed by atoms with Crippen LogP contribution in [0.1, 0.15) is 25.3 Å². The largest absolute Gasteiger partial charge is 0.497 e. The van der Waals surface area contributed by atoms with Crippen LogP contribution in [0.3, 0.4) is 0 Å². The highest BCUT2D eigenvalue weighted by Gasteiger charge is 2.17. The summed E-state index contributed by atoms with van der Waals surface area (Å²) in [5, 5.41) is 18.7. The zero-order chi connectivity index (χ0) is 13.5. The number of benzene rings is 1. The van der Waals surface area contributed by atoms with E-state index in [-0.39, 0.29) is 0 Å². The fraction of sp³-hybridized carbons (Fsp3) is 0.538. The van der Waals surface area contributed by atoms with E-state index in [1.165, 1.54) is 0 Å². The van der Waals surface area contributed by atoms with E-state index in [0.29, 0.717) is 12.0 Å². The molecule has 0 aliphatic rings. The second kappa shape index (κ2) is 7.41. The summed E-state index contributed by atoms with van der Waals surface area (Å²) >= 11 is 0. The van der Waals surface area contributed by atoms with Crippen LogP contribution in [-0.4, -0.2) is 42.8 Å². The van der Waals surface area contributed by atoms with Gasteiger partial charge in [0.1, 0.15) is 5.75 Å². The minimum Gasteiger partial charge on any atom is -0.497 e. The third kappa shape index (κ3) is 4.33. The van der Waals surface area contributed by atoms with Crippen molar-refractivity contribution in [3.8, 4) is 5.75 Å². The number of rotatable bonds is 7. The first-order valence-corrected chi connectivity index (χ1v) is 6.30. The molecular weight excluding hydrogens is 229 g/mol. The van der Waals surface area contributed by atoms with E-state index in [0.717, 1.165) is 30.7 Å². The molecule has 0 aromatic heterocycles. The first-order valence-electron chi connectivity index (χ1n) is 6.30. The van der Waals surface area contributed by atoms with Crippen molar-refractivity contribution >= 4 is 12.6 Å². The summed E-state index contributed by atoms with van der Waals surface area (Å²) in [5.74, 6) is 0.735. The molecule has 100 valence electrons. The Morgan fingerprint density at radius 1 is 1.33 bits per heavy atom. The third-order valence-electron chi connectivity index (χ3n) is 2.96. The molecule has 1 rings (SSSR count). The smallest absolute Gasteiger partial charge is 0.488 e. The monoisotopic (exact) mass is 251 g/mol. The molecule has 0 aliphatic carbocycles. The molecule has 0 amide bonds. The quantitative estimate of drug-likeness (QED) is 0.697. The van der Waals surface area contributed by atoms with Gasteiger partial charge in [0, 0.05) is 6.54 Å². The first kappa shape index (κ1) is 15.0. The van der Waals surface area contributed by atoms with Crippen molar-refractivity contribution in [2.75, 3.05) is 20.7 Å². The van der Waals surface area contributed by atoms with E-state index < -0.39 is 7.12 Å². The van der Waals surface area contributed by atoms with Crippen LogP contribution in [0.2, 0.25) is 0 Å². The molecule has 0 saturated heterocycles. The first-order chi connectivity index (χ1) is 8.58. The van der Waals surface area contributed by atoms with Crippen LogP contribution in [0.5, 0.6) is 5.75 Å². The van der Waals surface area contributed by atoms with E-state index >= 15 is 0 Å². The van der Waals surface area contributed by atoms with Gasteiger partial charge in [-0.25, -0.2) is 0 Å². The second-order valence-corrected chi connectivity index (χ2v) is 4.53.